The summed E-state index contributed by atoms with van der Waals surface area (Å²) in [5.41, 5.74) is 0.836. The van der Waals surface area contributed by atoms with Gasteiger partial charge in [-0.15, -0.1) is 0 Å². The van der Waals surface area contributed by atoms with E-state index in [0.29, 0.717) is 5.56 Å². The Balaban J connectivity index is 2.72. The molecule has 1 heterocycles. The minimum Gasteiger partial charge on any atom is -0.337 e. The highest BCUT2D eigenvalue weighted by Crippen LogP contribution is 2.21. The van der Waals surface area contributed by atoms with Crippen LogP contribution >= 0.6 is 12.2 Å². The molecule has 5 nitrogen and oxygen atoms in total. The predicted octanol–water partition coefficient (Wildman–Crippen LogP) is 1.88. The average Bonchev–Trinajstić information content (AvgIpc) is 2.27. The molecule has 0 bridgehead atoms. The number of sulfone groups is 1. The van der Waals surface area contributed by atoms with Crippen LogP contribution in [0.5, 0.6) is 0 Å². The van der Waals surface area contributed by atoms with E-state index in [4.69, 9.17) is 12.2 Å². The maximum absolute atomic E-state index is 12.4. The van der Waals surface area contributed by atoms with E-state index in [0.717, 1.165) is 11.8 Å². The van der Waals surface area contributed by atoms with Gasteiger partial charge >= 0.3 is 0 Å². The van der Waals surface area contributed by atoms with E-state index < -0.39 is 15.4 Å². The quantitative estimate of drug-likeness (QED) is 0.829. The lowest BCUT2D eigenvalue weighted by molar-refractivity contribution is 0.593. The third-order valence-corrected chi connectivity index (χ3v) is 4.83. The first kappa shape index (κ1) is 13.7. The molecular formula is C12H12N2O3S2. The van der Waals surface area contributed by atoms with Crippen LogP contribution in [0.15, 0.2) is 39.0 Å². The number of aryl methyl sites for hydroxylation is 2. The van der Waals surface area contributed by atoms with Crippen molar-refractivity contribution in [2.75, 3.05) is 0 Å². The van der Waals surface area contributed by atoms with E-state index in [-0.39, 0.29) is 14.6 Å². The molecule has 100 valence electrons. The molecule has 0 saturated heterocycles. The van der Waals surface area contributed by atoms with Crippen LogP contribution in [0, 0.1) is 18.6 Å². The molecule has 2 rings (SSSR count). The third kappa shape index (κ3) is 2.52. The first-order chi connectivity index (χ1) is 8.82. The first-order valence-electron chi connectivity index (χ1n) is 5.47. The predicted molar refractivity (Wildman–Crippen MR) is 73.6 cm³/mol. The molecular weight excluding hydrogens is 284 g/mol. The Morgan fingerprint density at radius 2 is 1.84 bits per heavy atom. The van der Waals surface area contributed by atoms with Crippen LogP contribution in [0.2, 0.25) is 0 Å². The van der Waals surface area contributed by atoms with Crippen LogP contribution < -0.4 is 5.56 Å². The van der Waals surface area contributed by atoms with Gasteiger partial charge in [0.15, 0.2) is 9.67 Å². The van der Waals surface area contributed by atoms with Crippen LogP contribution in [0.25, 0.3) is 0 Å². The Bertz CT molecular complexity index is 848. The topological polar surface area (TPSA) is 82.8 Å². The zero-order chi connectivity index (χ0) is 14.2. The van der Waals surface area contributed by atoms with Gasteiger partial charge in [-0.25, -0.2) is 8.42 Å². The highest BCUT2D eigenvalue weighted by molar-refractivity contribution is 7.91. The SMILES string of the molecule is Cc1ccc(S(=O)(=O)c2c[nH]c(=S)[nH]c2=O)c(C)c1. The largest absolute Gasteiger partial charge is 0.337 e. The molecule has 1 aromatic heterocycles. The lowest BCUT2D eigenvalue weighted by Crippen LogP contribution is -2.19. The Hall–Kier alpha value is -1.73. The second-order valence-electron chi connectivity index (χ2n) is 4.21. The highest BCUT2D eigenvalue weighted by Gasteiger charge is 2.23. The number of aromatic nitrogens is 2. The van der Waals surface area contributed by atoms with E-state index in [9.17, 15) is 13.2 Å². The fourth-order valence-corrected chi connectivity index (χ4v) is 3.44. The third-order valence-electron chi connectivity index (χ3n) is 2.69. The van der Waals surface area contributed by atoms with E-state index in [1.165, 1.54) is 6.07 Å². The van der Waals surface area contributed by atoms with Crippen molar-refractivity contribution in [3.05, 3.63) is 50.6 Å². The fraction of sp³-hybridized carbons (Fsp3) is 0.167. The van der Waals surface area contributed by atoms with Crippen LogP contribution in [-0.2, 0) is 9.84 Å². The lowest BCUT2D eigenvalue weighted by Gasteiger charge is -2.07. The van der Waals surface area contributed by atoms with Crippen LogP contribution in [-0.4, -0.2) is 18.4 Å². The Labute approximate surface area is 115 Å². The molecule has 19 heavy (non-hydrogen) atoms. The second kappa shape index (κ2) is 4.75. The fourth-order valence-electron chi connectivity index (χ4n) is 1.82. The molecule has 0 fully saturated rings. The summed E-state index contributed by atoms with van der Waals surface area (Å²) in [6.45, 7) is 3.56. The zero-order valence-electron chi connectivity index (χ0n) is 10.4. The van der Waals surface area contributed by atoms with Gasteiger partial charge in [0.25, 0.3) is 5.56 Å². The molecule has 1 aromatic carbocycles. The molecule has 0 amide bonds. The number of benzene rings is 1. The molecule has 0 aliphatic rings. The van der Waals surface area contributed by atoms with Gasteiger partial charge in [-0.3, -0.25) is 9.78 Å². The van der Waals surface area contributed by atoms with Crippen molar-refractivity contribution in [1.82, 2.24) is 9.97 Å². The summed E-state index contributed by atoms with van der Waals surface area (Å²) in [7, 11) is -3.86. The van der Waals surface area contributed by atoms with Gasteiger partial charge < -0.3 is 4.98 Å². The van der Waals surface area contributed by atoms with Crippen LogP contribution in [0.4, 0.5) is 0 Å². The summed E-state index contributed by atoms with van der Waals surface area (Å²) in [5, 5.41) is 0. The molecule has 2 N–H and O–H groups in total. The minimum absolute atomic E-state index is 0.0876. The minimum atomic E-state index is -3.86. The molecule has 0 spiro atoms. The Morgan fingerprint density at radius 1 is 1.16 bits per heavy atom. The van der Waals surface area contributed by atoms with Gasteiger partial charge in [-0.1, -0.05) is 17.7 Å². The number of aromatic amines is 2. The van der Waals surface area contributed by atoms with Gasteiger partial charge in [0.2, 0.25) is 9.84 Å². The number of rotatable bonds is 2. The van der Waals surface area contributed by atoms with E-state index in [1.54, 1.807) is 19.1 Å². The summed E-state index contributed by atoms with van der Waals surface area (Å²) in [5.74, 6) is 0. The van der Waals surface area contributed by atoms with Crippen LogP contribution in [0.1, 0.15) is 11.1 Å². The molecule has 0 aliphatic heterocycles. The maximum Gasteiger partial charge on any atom is 0.270 e. The molecule has 2 aromatic rings. The summed E-state index contributed by atoms with van der Waals surface area (Å²) in [6, 6.07) is 4.95. The van der Waals surface area contributed by atoms with Gasteiger partial charge in [0.05, 0.1) is 4.90 Å². The molecule has 0 atom stereocenters. The summed E-state index contributed by atoms with van der Waals surface area (Å²) in [4.78, 5) is 16.3. The highest BCUT2D eigenvalue weighted by atomic mass is 32.2. The Morgan fingerprint density at radius 3 is 2.42 bits per heavy atom. The molecule has 7 heteroatoms. The van der Waals surface area contributed by atoms with Crippen molar-refractivity contribution in [1.29, 1.82) is 0 Å². The standard InChI is InChI=1S/C12H12N2O3S2/c1-7-3-4-9(8(2)5-7)19(16,17)10-6-13-12(18)14-11(10)15/h3-6H,1-2H3,(H2,13,14,15,18). The van der Waals surface area contributed by atoms with E-state index in [1.807, 2.05) is 6.92 Å². The van der Waals surface area contributed by atoms with E-state index in [2.05, 4.69) is 9.97 Å². The van der Waals surface area contributed by atoms with Crippen molar-refractivity contribution in [2.24, 2.45) is 0 Å². The lowest BCUT2D eigenvalue weighted by atomic mass is 10.2. The maximum atomic E-state index is 12.4. The summed E-state index contributed by atoms with van der Waals surface area (Å²) in [6.07, 6.45) is 1.12. The number of H-pyrrole nitrogens is 2. The normalized spacial score (nSPS) is 11.5. The van der Waals surface area contributed by atoms with Gasteiger partial charge in [-0.05, 0) is 37.7 Å². The molecule has 0 saturated carbocycles. The van der Waals surface area contributed by atoms with Gasteiger partial charge in [-0.2, -0.15) is 0 Å². The van der Waals surface area contributed by atoms with Gasteiger partial charge in [0.1, 0.15) is 0 Å². The van der Waals surface area contributed by atoms with E-state index >= 15 is 0 Å². The monoisotopic (exact) mass is 296 g/mol. The molecule has 0 unspecified atom stereocenters. The van der Waals surface area contributed by atoms with Crippen molar-refractivity contribution < 1.29 is 8.42 Å². The van der Waals surface area contributed by atoms with Crippen molar-refractivity contribution in [3.63, 3.8) is 0 Å². The zero-order valence-corrected chi connectivity index (χ0v) is 12.0. The summed E-state index contributed by atoms with van der Waals surface area (Å²) < 4.78 is 24.9. The summed E-state index contributed by atoms with van der Waals surface area (Å²) >= 11 is 4.74. The average molecular weight is 296 g/mol. The first-order valence-corrected chi connectivity index (χ1v) is 7.36. The smallest absolute Gasteiger partial charge is 0.270 e. The van der Waals surface area contributed by atoms with Crippen molar-refractivity contribution in [3.8, 4) is 0 Å². The van der Waals surface area contributed by atoms with Crippen LogP contribution in [0.3, 0.4) is 0 Å². The molecule has 0 aliphatic carbocycles. The number of hydrogen-bond acceptors (Lipinski definition) is 4. The number of hydrogen-bond donors (Lipinski definition) is 2. The molecule has 0 radical (unpaired) electrons. The van der Waals surface area contributed by atoms with Crippen molar-refractivity contribution in [2.45, 2.75) is 23.6 Å². The second-order valence-corrected chi connectivity index (χ2v) is 6.50. The van der Waals surface area contributed by atoms with Gasteiger partial charge in [0, 0.05) is 6.20 Å². The number of nitrogens with one attached hydrogen (secondary N) is 2. The Kier molecular flexibility index (Phi) is 3.42. The van der Waals surface area contributed by atoms with Crippen molar-refractivity contribution >= 4 is 22.1 Å².